The summed E-state index contributed by atoms with van der Waals surface area (Å²) in [6.45, 7) is 10.0. The van der Waals surface area contributed by atoms with Crippen molar-refractivity contribution in [2.45, 2.75) is 66.1 Å². The van der Waals surface area contributed by atoms with Crippen molar-refractivity contribution >= 4 is 27.8 Å². The molecule has 4 rings (SSSR count). The number of nitrogens with one attached hydrogen (secondary N) is 1. The van der Waals surface area contributed by atoms with E-state index in [1.165, 1.54) is 10.9 Å². The van der Waals surface area contributed by atoms with Crippen LogP contribution in [0.5, 0.6) is 0 Å². The predicted octanol–water partition coefficient (Wildman–Crippen LogP) is 3.13. The van der Waals surface area contributed by atoms with Crippen LogP contribution in [0.1, 0.15) is 57.3 Å². The van der Waals surface area contributed by atoms with Crippen molar-refractivity contribution in [2.75, 3.05) is 0 Å². The molecule has 0 saturated heterocycles. The summed E-state index contributed by atoms with van der Waals surface area (Å²) < 4.78 is 8.49. The smallest absolute Gasteiger partial charge is 0.278 e. The Bertz CT molecular complexity index is 1350. The van der Waals surface area contributed by atoms with Gasteiger partial charge in [0.25, 0.3) is 5.56 Å². The molecule has 0 fully saturated rings. The van der Waals surface area contributed by atoms with Crippen molar-refractivity contribution in [3.05, 3.63) is 52.2 Å². The third-order valence-electron chi connectivity index (χ3n) is 5.61. The van der Waals surface area contributed by atoms with Crippen LogP contribution in [0.3, 0.4) is 0 Å². The minimum atomic E-state index is -0.260. The van der Waals surface area contributed by atoms with Crippen molar-refractivity contribution in [2.24, 2.45) is 0 Å². The second-order valence-corrected chi connectivity index (χ2v) is 8.56. The maximum Gasteiger partial charge on any atom is 0.278 e. The van der Waals surface area contributed by atoms with E-state index in [2.05, 4.69) is 20.4 Å². The number of carbonyl (C=O) groups is 1. The van der Waals surface area contributed by atoms with Gasteiger partial charge >= 0.3 is 0 Å². The number of hydrogen-bond donors (Lipinski definition) is 1. The lowest BCUT2D eigenvalue weighted by molar-refractivity contribution is -0.122. The minimum Gasteiger partial charge on any atom is -0.352 e. The van der Waals surface area contributed by atoms with Crippen molar-refractivity contribution in [1.29, 1.82) is 0 Å². The van der Waals surface area contributed by atoms with E-state index in [0.29, 0.717) is 22.7 Å². The highest BCUT2D eigenvalue weighted by atomic mass is 16.5. The number of fused-ring (bicyclic) bond motifs is 3. The topological polar surface area (TPSA) is 108 Å². The Morgan fingerprint density at radius 2 is 2.03 bits per heavy atom. The van der Waals surface area contributed by atoms with Gasteiger partial charge in [-0.2, -0.15) is 4.98 Å². The molecule has 0 bridgehead atoms. The van der Waals surface area contributed by atoms with Crippen LogP contribution in [0.15, 0.2) is 33.8 Å². The summed E-state index contributed by atoms with van der Waals surface area (Å²) in [5, 5.41) is 7.78. The Labute approximate surface area is 185 Å². The van der Waals surface area contributed by atoms with E-state index < -0.39 is 0 Å². The molecule has 0 aliphatic carbocycles. The van der Waals surface area contributed by atoms with Crippen LogP contribution < -0.4 is 10.9 Å². The van der Waals surface area contributed by atoms with Gasteiger partial charge in [0.1, 0.15) is 24.1 Å². The first-order valence-corrected chi connectivity index (χ1v) is 10.9. The molecule has 3 aromatic heterocycles. The lowest BCUT2D eigenvalue weighted by Crippen LogP contribution is -2.35. The number of rotatable bonds is 7. The third kappa shape index (κ3) is 4.02. The maximum absolute atomic E-state index is 13.5. The van der Waals surface area contributed by atoms with Gasteiger partial charge < -0.3 is 14.4 Å². The van der Waals surface area contributed by atoms with E-state index in [0.717, 1.165) is 22.9 Å². The summed E-state index contributed by atoms with van der Waals surface area (Å²) in [6, 6.07) is 5.94. The second-order valence-electron chi connectivity index (χ2n) is 8.56. The molecule has 1 N–H and O–H groups in total. The van der Waals surface area contributed by atoms with E-state index in [1.807, 2.05) is 52.8 Å². The van der Waals surface area contributed by atoms with E-state index in [1.54, 1.807) is 4.57 Å². The highest BCUT2D eigenvalue weighted by Gasteiger charge is 2.20. The molecule has 0 unspecified atom stereocenters. The summed E-state index contributed by atoms with van der Waals surface area (Å²) in [7, 11) is 0. The van der Waals surface area contributed by atoms with E-state index >= 15 is 0 Å². The maximum atomic E-state index is 13.5. The monoisotopic (exact) mass is 436 g/mol. The first-order chi connectivity index (χ1) is 15.3. The standard InChI is InChI=1S/C23H28N6O3/c1-6-15(5)25-18(30)10-29-17-8-7-14(4)9-16(17)20-21(29)23(31)28(12-24-20)11-19-26-22(13(2)3)27-32-19/h7-9,12-13,15H,6,10-11H2,1-5H3,(H,25,30)/t15-/m0/s1. The van der Waals surface area contributed by atoms with Crippen LogP contribution >= 0.6 is 0 Å². The molecule has 32 heavy (non-hydrogen) atoms. The summed E-state index contributed by atoms with van der Waals surface area (Å²) >= 11 is 0. The Morgan fingerprint density at radius 3 is 2.72 bits per heavy atom. The Morgan fingerprint density at radius 1 is 1.25 bits per heavy atom. The van der Waals surface area contributed by atoms with Crippen LogP contribution in [-0.2, 0) is 17.9 Å². The van der Waals surface area contributed by atoms with Crippen LogP contribution in [0.2, 0.25) is 0 Å². The zero-order valence-corrected chi connectivity index (χ0v) is 19.0. The number of hydrogen-bond acceptors (Lipinski definition) is 6. The van der Waals surface area contributed by atoms with Crippen molar-refractivity contribution in [3.8, 4) is 0 Å². The van der Waals surface area contributed by atoms with Gasteiger partial charge in [-0.05, 0) is 32.4 Å². The number of aryl methyl sites for hydroxylation is 1. The van der Waals surface area contributed by atoms with Gasteiger partial charge in [-0.3, -0.25) is 14.2 Å². The fraction of sp³-hybridized carbons (Fsp3) is 0.435. The Kier molecular flexibility index (Phi) is 5.82. The number of benzene rings is 1. The molecule has 1 aromatic carbocycles. The number of carbonyl (C=O) groups excluding carboxylic acids is 1. The molecule has 4 aromatic rings. The third-order valence-corrected chi connectivity index (χ3v) is 5.61. The average molecular weight is 437 g/mol. The second kappa shape index (κ2) is 8.57. The van der Waals surface area contributed by atoms with Crippen LogP contribution in [0.25, 0.3) is 21.9 Å². The van der Waals surface area contributed by atoms with E-state index in [9.17, 15) is 9.59 Å². The molecular formula is C23H28N6O3. The lowest BCUT2D eigenvalue weighted by Gasteiger charge is -2.13. The van der Waals surface area contributed by atoms with Gasteiger partial charge in [0, 0.05) is 17.3 Å². The Balaban J connectivity index is 1.82. The first kappa shape index (κ1) is 21.7. The van der Waals surface area contributed by atoms with Gasteiger partial charge in [-0.1, -0.05) is 37.6 Å². The molecule has 9 heteroatoms. The van der Waals surface area contributed by atoms with Gasteiger partial charge in [0.15, 0.2) is 5.82 Å². The molecule has 168 valence electrons. The molecular weight excluding hydrogens is 408 g/mol. The zero-order chi connectivity index (χ0) is 23.0. The summed E-state index contributed by atoms with van der Waals surface area (Å²) in [4.78, 5) is 35.1. The molecule has 1 amide bonds. The average Bonchev–Trinajstić information content (AvgIpc) is 3.33. The van der Waals surface area contributed by atoms with Crippen LogP contribution in [0.4, 0.5) is 0 Å². The number of nitrogens with zero attached hydrogens (tertiary/aromatic N) is 5. The molecule has 3 heterocycles. The zero-order valence-electron chi connectivity index (χ0n) is 19.0. The van der Waals surface area contributed by atoms with Gasteiger partial charge in [0.2, 0.25) is 11.8 Å². The normalized spacial score (nSPS) is 12.7. The molecule has 0 saturated carbocycles. The van der Waals surface area contributed by atoms with E-state index in [4.69, 9.17) is 4.52 Å². The van der Waals surface area contributed by atoms with Crippen LogP contribution in [-0.4, -0.2) is 36.2 Å². The summed E-state index contributed by atoms with van der Waals surface area (Å²) in [5.74, 6) is 0.907. The fourth-order valence-corrected chi connectivity index (χ4v) is 3.67. The molecule has 1 atom stereocenters. The predicted molar refractivity (Wildman–Crippen MR) is 122 cm³/mol. The highest BCUT2D eigenvalue weighted by molar-refractivity contribution is 6.06. The molecule has 0 spiro atoms. The van der Waals surface area contributed by atoms with Crippen molar-refractivity contribution < 1.29 is 9.32 Å². The quantitative estimate of drug-likeness (QED) is 0.477. The molecule has 0 radical (unpaired) electrons. The summed E-state index contributed by atoms with van der Waals surface area (Å²) in [6.07, 6.45) is 2.32. The lowest BCUT2D eigenvalue weighted by atomic mass is 10.1. The van der Waals surface area contributed by atoms with E-state index in [-0.39, 0.29) is 36.5 Å². The molecule has 9 nitrogen and oxygen atoms in total. The van der Waals surface area contributed by atoms with Crippen molar-refractivity contribution in [3.63, 3.8) is 0 Å². The fourth-order valence-electron chi connectivity index (χ4n) is 3.67. The Hall–Kier alpha value is -3.49. The number of aromatic nitrogens is 5. The molecule has 0 aliphatic heterocycles. The largest absolute Gasteiger partial charge is 0.352 e. The summed E-state index contributed by atoms with van der Waals surface area (Å²) in [5.41, 5.74) is 2.56. The SMILES string of the molecule is CC[C@H](C)NC(=O)Cn1c2ccc(C)cc2c2ncn(Cc3nc(C(C)C)no3)c(=O)c21. The molecule has 0 aliphatic rings. The highest BCUT2D eigenvalue weighted by Crippen LogP contribution is 2.26. The van der Waals surface area contributed by atoms with Crippen LogP contribution in [0, 0.1) is 6.92 Å². The van der Waals surface area contributed by atoms with Gasteiger partial charge in [0.05, 0.1) is 11.8 Å². The van der Waals surface area contributed by atoms with Crippen molar-refractivity contribution in [1.82, 2.24) is 29.6 Å². The number of amides is 1. The van der Waals surface area contributed by atoms with Gasteiger partial charge in [-0.25, -0.2) is 4.98 Å². The first-order valence-electron chi connectivity index (χ1n) is 10.9. The van der Waals surface area contributed by atoms with Gasteiger partial charge in [-0.15, -0.1) is 0 Å². The minimum absolute atomic E-state index is 0.0341.